The number of aromatic nitrogens is 3. The number of hydrogen-bond donors (Lipinski definition) is 1. The van der Waals surface area contributed by atoms with Crippen LogP contribution in [0.2, 0.25) is 5.02 Å². The molecule has 0 unspecified atom stereocenters. The lowest BCUT2D eigenvalue weighted by atomic mass is 10.0. The van der Waals surface area contributed by atoms with Gasteiger partial charge >= 0.3 is 0 Å². The van der Waals surface area contributed by atoms with Gasteiger partial charge in [-0.1, -0.05) is 29.8 Å². The third-order valence-corrected chi connectivity index (χ3v) is 7.13. The molecule has 0 amide bonds. The third-order valence-electron chi connectivity index (χ3n) is 5.50. The topological polar surface area (TPSA) is 45.5 Å². The minimum absolute atomic E-state index is 0.399. The van der Waals surface area contributed by atoms with Crippen molar-refractivity contribution < 1.29 is 0 Å². The largest absolute Gasteiger partial charge is 0.367 e. The minimum Gasteiger partial charge on any atom is -0.367 e. The zero-order valence-electron chi connectivity index (χ0n) is 16.3. The monoisotopic (exact) mass is 501 g/mol. The summed E-state index contributed by atoms with van der Waals surface area (Å²) in [7, 11) is 0. The van der Waals surface area contributed by atoms with Crippen molar-refractivity contribution in [1.29, 1.82) is 0 Å². The molecule has 8 heteroatoms. The molecule has 3 aromatic heterocycles. The van der Waals surface area contributed by atoms with Gasteiger partial charge < -0.3 is 5.32 Å². The van der Waals surface area contributed by atoms with E-state index in [2.05, 4.69) is 48.1 Å². The first-order valence-corrected chi connectivity index (χ1v) is 12.1. The molecular formula is C22H21BrClN5S. The first-order chi connectivity index (χ1) is 14.7. The van der Waals surface area contributed by atoms with Crippen LogP contribution in [-0.2, 0) is 6.54 Å². The van der Waals surface area contributed by atoms with Crippen LogP contribution in [0.15, 0.2) is 57.8 Å². The Bertz CT molecular complexity index is 1150. The molecule has 0 radical (unpaired) electrons. The Morgan fingerprint density at radius 3 is 2.80 bits per heavy atom. The number of rotatable bonds is 5. The van der Waals surface area contributed by atoms with Gasteiger partial charge in [-0.3, -0.25) is 4.90 Å². The van der Waals surface area contributed by atoms with Gasteiger partial charge in [0.05, 0.1) is 16.4 Å². The zero-order valence-corrected chi connectivity index (χ0v) is 19.4. The molecular weight excluding hydrogens is 482 g/mol. The van der Waals surface area contributed by atoms with E-state index in [9.17, 15) is 0 Å². The van der Waals surface area contributed by atoms with Crippen LogP contribution in [0.25, 0.3) is 16.9 Å². The average Bonchev–Trinajstić information content (AvgIpc) is 3.40. The van der Waals surface area contributed by atoms with E-state index < -0.39 is 0 Å². The van der Waals surface area contributed by atoms with Gasteiger partial charge in [-0.05, 0) is 57.2 Å². The second-order valence-corrected chi connectivity index (χ2v) is 9.60. The lowest BCUT2D eigenvalue weighted by Gasteiger charge is -2.32. The highest BCUT2D eigenvalue weighted by atomic mass is 79.9. The van der Waals surface area contributed by atoms with E-state index in [-0.39, 0.29) is 0 Å². The normalized spacial score (nSPS) is 15.7. The van der Waals surface area contributed by atoms with Crippen LogP contribution in [-0.4, -0.2) is 38.6 Å². The van der Waals surface area contributed by atoms with Gasteiger partial charge in [-0.2, -0.15) is 21.0 Å². The van der Waals surface area contributed by atoms with Crippen molar-refractivity contribution in [3.05, 3.63) is 68.4 Å². The molecule has 1 N–H and O–H groups in total. The standard InChI is InChI=1S/C22H21BrClN5S/c23-18-12-25-29-21(11-20(27-22(18)29)17-3-1-2-4-19(17)24)26-16-5-8-28(9-6-16)13-15-7-10-30-14-15/h1-4,7,10-12,14,16,26H,5-6,8-9,13H2. The molecule has 0 spiro atoms. The van der Waals surface area contributed by atoms with E-state index in [0.29, 0.717) is 11.1 Å². The lowest BCUT2D eigenvalue weighted by Crippen LogP contribution is -2.38. The van der Waals surface area contributed by atoms with Crippen molar-refractivity contribution in [1.82, 2.24) is 19.5 Å². The molecule has 5 rings (SSSR count). The molecule has 0 atom stereocenters. The second kappa shape index (κ2) is 8.67. The van der Waals surface area contributed by atoms with Gasteiger partial charge in [0.2, 0.25) is 0 Å². The number of anilines is 1. The first kappa shape index (κ1) is 20.0. The summed E-state index contributed by atoms with van der Waals surface area (Å²) < 4.78 is 2.73. The Kier molecular flexibility index (Phi) is 5.78. The molecule has 1 aliphatic heterocycles. The molecule has 0 saturated carbocycles. The Morgan fingerprint density at radius 1 is 1.20 bits per heavy atom. The summed E-state index contributed by atoms with van der Waals surface area (Å²) in [4.78, 5) is 7.33. The highest BCUT2D eigenvalue weighted by Crippen LogP contribution is 2.31. The summed E-state index contributed by atoms with van der Waals surface area (Å²) in [6, 6.07) is 12.5. The summed E-state index contributed by atoms with van der Waals surface area (Å²) in [5, 5.41) is 13.3. The number of piperidine rings is 1. The molecule has 30 heavy (non-hydrogen) atoms. The lowest BCUT2D eigenvalue weighted by molar-refractivity contribution is 0.211. The van der Waals surface area contributed by atoms with Crippen molar-refractivity contribution in [2.24, 2.45) is 0 Å². The van der Waals surface area contributed by atoms with E-state index in [1.807, 2.05) is 34.8 Å². The van der Waals surface area contributed by atoms with Crippen molar-refractivity contribution in [3.8, 4) is 11.3 Å². The van der Waals surface area contributed by atoms with Crippen molar-refractivity contribution in [3.63, 3.8) is 0 Å². The van der Waals surface area contributed by atoms with Crippen LogP contribution in [0.4, 0.5) is 5.82 Å². The highest BCUT2D eigenvalue weighted by Gasteiger charge is 2.21. The maximum absolute atomic E-state index is 6.44. The van der Waals surface area contributed by atoms with Gasteiger partial charge in [-0.15, -0.1) is 0 Å². The van der Waals surface area contributed by atoms with E-state index in [0.717, 1.165) is 59.7 Å². The summed E-state index contributed by atoms with van der Waals surface area (Å²) in [6.45, 7) is 3.21. The fraction of sp³-hybridized carbons (Fsp3) is 0.273. The predicted molar refractivity (Wildman–Crippen MR) is 127 cm³/mol. The van der Waals surface area contributed by atoms with E-state index >= 15 is 0 Å². The Balaban J connectivity index is 1.37. The Hall–Kier alpha value is -1.93. The van der Waals surface area contributed by atoms with Crippen LogP contribution in [0, 0.1) is 0 Å². The molecule has 5 nitrogen and oxygen atoms in total. The number of nitrogens with zero attached hydrogens (tertiary/aromatic N) is 4. The van der Waals surface area contributed by atoms with E-state index in [1.54, 1.807) is 17.5 Å². The zero-order chi connectivity index (χ0) is 20.5. The van der Waals surface area contributed by atoms with Crippen molar-refractivity contribution >= 4 is 50.3 Å². The SMILES string of the molecule is Clc1ccccc1-c1cc(NC2CCN(Cc3ccsc3)CC2)n2ncc(Br)c2n1. The summed E-state index contributed by atoms with van der Waals surface area (Å²) in [6.07, 6.45) is 3.98. The highest BCUT2D eigenvalue weighted by molar-refractivity contribution is 9.10. The predicted octanol–water partition coefficient (Wildman–Crippen LogP) is 5.95. The number of benzene rings is 1. The van der Waals surface area contributed by atoms with Gasteiger partial charge in [0, 0.05) is 42.3 Å². The molecule has 1 aromatic carbocycles. The number of fused-ring (bicyclic) bond motifs is 1. The van der Waals surface area contributed by atoms with Crippen molar-refractivity contribution in [2.75, 3.05) is 18.4 Å². The van der Waals surface area contributed by atoms with E-state index in [4.69, 9.17) is 16.6 Å². The summed E-state index contributed by atoms with van der Waals surface area (Å²) in [5.74, 6) is 0.942. The van der Waals surface area contributed by atoms with Crippen molar-refractivity contribution in [2.45, 2.75) is 25.4 Å². The fourth-order valence-electron chi connectivity index (χ4n) is 3.93. The Labute approximate surface area is 192 Å². The number of hydrogen-bond acceptors (Lipinski definition) is 5. The third kappa shape index (κ3) is 4.12. The van der Waals surface area contributed by atoms with Crippen LogP contribution >= 0.6 is 38.9 Å². The molecule has 1 saturated heterocycles. The van der Waals surface area contributed by atoms with Crippen LogP contribution in [0.5, 0.6) is 0 Å². The number of thiophene rings is 1. The average molecular weight is 503 g/mol. The number of nitrogens with one attached hydrogen (secondary N) is 1. The quantitative estimate of drug-likeness (QED) is 0.366. The summed E-state index contributed by atoms with van der Waals surface area (Å²) in [5.41, 5.74) is 3.95. The molecule has 4 aromatic rings. The molecule has 154 valence electrons. The van der Waals surface area contributed by atoms with Gasteiger partial charge in [0.25, 0.3) is 0 Å². The Morgan fingerprint density at radius 2 is 2.03 bits per heavy atom. The smallest absolute Gasteiger partial charge is 0.172 e. The molecule has 1 aliphatic rings. The molecule has 0 bridgehead atoms. The minimum atomic E-state index is 0.399. The number of halogens is 2. The maximum Gasteiger partial charge on any atom is 0.172 e. The molecule has 0 aliphatic carbocycles. The maximum atomic E-state index is 6.44. The van der Waals surface area contributed by atoms with Crippen LogP contribution in [0.1, 0.15) is 18.4 Å². The van der Waals surface area contributed by atoms with Crippen LogP contribution < -0.4 is 5.32 Å². The van der Waals surface area contributed by atoms with E-state index in [1.165, 1.54) is 5.56 Å². The second-order valence-electron chi connectivity index (χ2n) is 7.56. The first-order valence-electron chi connectivity index (χ1n) is 9.96. The number of likely N-dealkylation sites (tertiary alicyclic amines) is 1. The van der Waals surface area contributed by atoms with Crippen LogP contribution in [0.3, 0.4) is 0 Å². The molecule has 4 heterocycles. The molecule has 1 fully saturated rings. The van der Waals surface area contributed by atoms with Gasteiger partial charge in [0.1, 0.15) is 5.82 Å². The van der Waals surface area contributed by atoms with Gasteiger partial charge in [0.15, 0.2) is 5.65 Å². The summed E-state index contributed by atoms with van der Waals surface area (Å²) >= 11 is 11.8. The van der Waals surface area contributed by atoms with Gasteiger partial charge in [-0.25, -0.2) is 4.98 Å². The fourth-order valence-corrected chi connectivity index (χ4v) is 5.17.